The van der Waals surface area contributed by atoms with Gasteiger partial charge in [0.05, 0.1) is 16.3 Å². The third-order valence-corrected chi connectivity index (χ3v) is 4.72. The summed E-state index contributed by atoms with van der Waals surface area (Å²) in [5, 5.41) is 8.29. The van der Waals surface area contributed by atoms with Gasteiger partial charge < -0.3 is 5.11 Å². The molecule has 0 saturated heterocycles. The highest BCUT2D eigenvalue weighted by molar-refractivity contribution is 7.89. The lowest BCUT2D eigenvalue weighted by Crippen LogP contribution is -2.32. The second-order valence-electron chi connectivity index (χ2n) is 3.72. The Bertz CT molecular complexity index is 576. The molecule has 0 aliphatic heterocycles. The van der Waals surface area contributed by atoms with Crippen molar-refractivity contribution in [3.63, 3.8) is 0 Å². The highest BCUT2D eigenvalue weighted by Gasteiger charge is 2.24. The molecule has 19 heavy (non-hydrogen) atoms. The van der Waals surface area contributed by atoms with Gasteiger partial charge in [-0.2, -0.15) is 4.31 Å². The molecule has 0 aromatic heterocycles. The Balaban J connectivity index is 3.06. The molecule has 1 N–H and O–H groups in total. The van der Waals surface area contributed by atoms with E-state index >= 15 is 0 Å². The van der Waals surface area contributed by atoms with Crippen LogP contribution in [0.5, 0.6) is 0 Å². The van der Waals surface area contributed by atoms with Gasteiger partial charge in [0.2, 0.25) is 10.0 Å². The van der Waals surface area contributed by atoms with Crippen molar-refractivity contribution < 1.29 is 22.7 Å². The van der Waals surface area contributed by atoms with Crippen LogP contribution in [0.3, 0.4) is 0 Å². The molecule has 0 saturated carbocycles. The lowest BCUT2D eigenvalue weighted by atomic mass is 10.3. The monoisotopic (exact) mass is 309 g/mol. The molecule has 8 heteroatoms. The molecule has 0 radical (unpaired) electrons. The van der Waals surface area contributed by atoms with Crippen LogP contribution < -0.4 is 0 Å². The van der Waals surface area contributed by atoms with Gasteiger partial charge in [0, 0.05) is 13.1 Å². The number of hydrogen-bond acceptors (Lipinski definition) is 3. The van der Waals surface area contributed by atoms with Crippen LogP contribution in [0.1, 0.15) is 13.3 Å². The number of halogens is 2. The predicted octanol–water partition coefficient (Wildman–Crippen LogP) is 1.96. The summed E-state index contributed by atoms with van der Waals surface area (Å²) in [6.07, 6.45) is -0.304. The molecule has 1 aromatic rings. The first-order valence-corrected chi connectivity index (χ1v) is 7.27. The SMILES string of the molecule is CCN(CCC(=O)O)S(=O)(=O)c1ccc(F)c(Cl)c1. The van der Waals surface area contributed by atoms with Gasteiger partial charge in [-0.15, -0.1) is 0 Å². The van der Waals surface area contributed by atoms with Crippen molar-refractivity contribution >= 4 is 27.6 Å². The van der Waals surface area contributed by atoms with E-state index in [0.29, 0.717) is 0 Å². The van der Waals surface area contributed by atoms with Crippen molar-refractivity contribution in [3.05, 3.63) is 29.0 Å². The lowest BCUT2D eigenvalue weighted by Gasteiger charge is -2.19. The number of aliphatic carboxylic acids is 1. The largest absolute Gasteiger partial charge is 0.481 e. The van der Waals surface area contributed by atoms with Crippen molar-refractivity contribution in [2.24, 2.45) is 0 Å². The van der Waals surface area contributed by atoms with E-state index in [1.54, 1.807) is 6.92 Å². The van der Waals surface area contributed by atoms with E-state index in [1.807, 2.05) is 0 Å². The second-order valence-corrected chi connectivity index (χ2v) is 6.06. The second kappa shape index (κ2) is 6.31. The minimum absolute atomic E-state index is 0.116. The summed E-state index contributed by atoms with van der Waals surface area (Å²) in [6, 6.07) is 3.07. The number of rotatable bonds is 6. The maximum Gasteiger partial charge on any atom is 0.304 e. The topological polar surface area (TPSA) is 74.7 Å². The number of nitrogens with zero attached hydrogens (tertiary/aromatic N) is 1. The summed E-state index contributed by atoms with van der Waals surface area (Å²) in [7, 11) is -3.87. The summed E-state index contributed by atoms with van der Waals surface area (Å²) < 4.78 is 38.4. The molecule has 106 valence electrons. The van der Waals surface area contributed by atoms with E-state index in [1.165, 1.54) is 0 Å². The first kappa shape index (κ1) is 15.9. The fourth-order valence-corrected chi connectivity index (χ4v) is 3.18. The van der Waals surface area contributed by atoms with E-state index < -0.39 is 21.8 Å². The van der Waals surface area contributed by atoms with Crippen molar-refractivity contribution in [2.75, 3.05) is 13.1 Å². The van der Waals surface area contributed by atoms with Gasteiger partial charge in [0.25, 0.3) is 0 Å². The molecule has 0 spiro atoms. The van der Waals surface area contributed by atoms with E-state index in [-0.39, 0.29) is 29.4 Å². The molecule has 1 rings (SSSR count). The molecule has 0 amide bonds. The lowest BCUT2D eigenvalue weighted by molar-refractivity contribution is -0.137. The minimum atomic E-state index is -3.87. The quantitative estimate of drug-likeness (QED) is 0.871. The van der Waals surface area contributed by atoms with Gasteiger partial charge >= 0.3 is 5.97 Å². The number of benzene rings is 1. The van der Waals surface area contributed by atoms with E-state index in [0.717, 1.165) is 22.5 Å². The highest BCUT2D eigenvalue weighted by atomic mass is 35.5. The Morgan fingerprint density at radius 3 is 2.58 bits per heavy atom. The molecule has 0 fully saturated rings. The van der Waals surface area contributed by atoms with Crippen LogP contribution in [-0.2, 0) is 14.8 Å². The van der Waals surface area contributed by atoms with Crippen molar-refractivity contribution in [1.29, 1.82) is 0 Å². The van der Waals surface area contributed by atoms with Gasteiger partial charge in [-0.3, -0.25) is 4.79 Å². The summed E-state index contributed by atoms with van der Waals surface area (Å²) in [5.74, 6) is -1.81. The van der Waals surface area contributed by atoms with Crippen molar-refractivity contribution in [1.82, 2.24) is 4.31 Å². The van der Waals surface area contributed by atoms with E-state index in [9.17, 15) is 17.6 Å². The summed E-state index contributed by atoms with van der Waals surface area (Å²) in [5.41, 5.74) is 0. The predicted molar refractivity (Wildman–Crippen MR) is 68.1 cm³/mol. The van der Waals surface area contributed by atoms with Gasteiger partial charge in [-0.1, -0.05) is 18.5 Å². The van der Waals surface area contributed by atoms with Gasteiger partial charge in [0.15, 0.2) is 0 Å². The van der Waals surface area contributed by atoms with Crippen LogP contribution in [0.15, 0.2) is 23.1 Å². The normalized spacial score (nSPS) is 11.8. The summed E-state index contributed by atoms with van der Waals surface area (Å²) in [4.78, 5) is 10.3. The Morgan fingerprint density at radius 2 is 2.11 bits per heavy atom. The Labute approximate surface area is 115 Å². The summed E-state index contributed by atoms with van der Waals surface area (Å²) >= 11 is 5.54. The molecular weight excluding hydrogens is 297 g/mol. The minimum Gasteiger partial charge on any atom is -0.481 e. The van der Waals surface area contributed by atoms with Crippen LogP contribution >= 0.6 is 11.6 Å². The molecule has 5 nitrogen and oxygen atoms in total. The number of hydrogen-bond donors (Lipinski definition) is 1. The molecular formula is C11H13ClFNO4S. The van der Waals surface area contributed by atoms with Crippen LogP contribution in [-0.4, -0.2) is 36.9 Å². The number of sulfonamides is 1. The standard InChI is InChI=1S/C11H13ClFNO4S/c1-2-14(6-5-11(15)16)19(17,18)8-3-4-10(13)9(12)7-8/h3-4,7H,2,5-6H2,1H3,(H,15,16). The molecule has 0 bridgehead atoms. The van der Waals surface area contributed by atoms with Crippen LogP contribution in [0, 0.1) is 5.82 Å². The van der Waals surface area contributed by atoms with Crippen LogP contribution in [0.2, 0.25) is 5.02 Å². The third kappa shape index (κ3) is 3.89. The zero-order valence-electron chi connectivity index (χ0n) is 10.1. The summed E-state index contributed by atoms with van der Waals surface area (Å²) in [6.45, 7) is 1.55. The first-order chi connectivity index (χ1) is 8.78. The van der Waals surface area contributed by atoms with E-state index in [4.69, 9.17) is 16.7 Å². The maximum atomic E-state index is 13.0. The molecule has 0 aliphatic rings. The smallest absolute Gasteiger partial charge is 0.304 e. The van der Waals surface area contributed by atoms with E-state index in [2.05, 4.69) is 0 Å². The third-order valence-electron chi connectivity index (χ3n) is 2.46. The zero-order valence-corrected chi connectivity index (χ0v) is 11.7. The van der Waals surface area contributed by atoms with Gasteiger partial charge in [-0.25, -0.2) is 12.8 Å². The van der Waals surface area contributed by atoms with Crippen molar-refractivity contribution in [3.8, 4) is 0 Å². The average Bonchev–Trinajstić information content (AvgIpc) is 2.32. The number of carboxylic acid groups (broad SMARTS) is 1. The molecule has 0 atom stereocenters. The first-order valence-electron chi connectivity index (χ1n) is 5.46. The molecule has 0 aliphatic carbocycles. The Hall–Kier alpha value is -1.18. The average molecular weight is 310 g/mol. The van der Waals surface area contributed by atoms with Gasteiger partial charge in [-0.05, 0) is 18.2 Å². The van der Waals surface area contributed by atoms with Crippen molar-refractivity contribution in [2.45, 2.75) is 18.2 Å². The molecule has 1 aromatic carbocycles. The van der Waals surface area contributed by atoms with Gasteiger partial charge in [0.1, 0.15) is 5.82 Å². The van der Waals surface area contributed by atoms with Crippen LogP contribution in [0.4, 0.5) is 4.39 Å². The van der Waals surface area contributed by atoms with Crippen LogP contribution in [0.25, 0.3) is 0 Å². The fraction of sp³-hybridized carbons (Fsp3) is 0.364. The molecule has 0 unspecified atom stereocenters. The number of carboxylic acids is 1. The maximum absolute atomic E-state index is 13.0. The molecule has 0 heterocycles. The Kier molecular flexibility index (Phi) is 5.28. The Morgan fingerprint density at radius 1 is 1.47 bits per heavy atom. The fourth-order valence-electron chi connectivity index (χ4n) is 1.45. The highest BCUT2D eigenvalue weighted by Crippen LogP contribution is 2.22. The number of carbonyl (C=O) groups is 1. The zero-order chi connectivity index (χ0) is 14.6.